The molecule has 0 radical (unpaired) electrons. The Kier molecular flexibility index (Phi) is 6.37. The molecule has 0 spiro atoms. The van der Waals surface area contributed by atoms with Gasteiger partial charge in [-0.1, -0.05) is 6.08 Å². The summed E-state index contributed by atoms with van der Waals surface area (Å²) in [4.78, 5) is 21.6. The molecule has 5 heteroatoms. The third-order valence-electron chi connectivity index (χ3n) is 2.09. The van der Waals surface area contributed by atoms with Crippen molar-refractivity contribution in [2.45, 2.75) is 32.7 Å². The fourth-order valence-electron chi connectivity index (χ4n) is 0.918. The largest absolute Gasteiger partial charge is 0.480 e. The number of hydrogen-bond donors (Lipinski definition) is 3. The molecule has 5 nitrogen and oxygen atoms in total. The van der Waals surface area contributed by atoms with E-state index in [2.05, 4.69) is 5.32 Å². The first kappa shape index (κ1) is 13.6. The molecule has 0 fully saturated rings. The van der Waals surface area contributed by atoms with E-state index >= 15 is 0 Å². The molecule has 0 saturated heterocycles. The summed E-state index contributed by atoms with van der Waals surface area (Å²) in [5.74, 6) is -1.13. The first-order valence-corrected chi connectivity index (χ1v) is 4.88. The molecule has 86 valence electrons. The highest BCUT2D eigenvalue weighted by molar-refractivity contribution is 5.92. The van der Waals surface area contributed by atoms with Crippen molar-refractivity contribution in [3.05, 3.63) is 11.6 Å². The SMILES string of the molecule is CC=C(C)C(=O)NCCCC(N)C(=O)O. The standard InChI is InChI=1S/C10H18N2O3/c1-3-7(2)9(13)12-6-4-5-8(11)10(14)15/h3,8H,4-6,11H2,1-2H3,(H,12,13)(H,14,15). The van der Waals surface area contributed by atoms with Crippen molar-refractivity contribution in [1.82, 2.24) is 5.32 Å². The van der Waals surface area contributed by atoms with Crippen LogP contribution in [0.4, 0.5) is 0 Å². The maximum atomic E-state index is 11.2. The lowest BCUT2D eigenvalue weighted by Gasteiger charge is -2.07. The second-order valence-electron chi connectivity index (χ2n) is 3.31. The van der Waals surface area contributed by atoms with Gasteiger partial charge in [0.05, 0.1) is 0 Å². The highest BCUT2D eigenvalue weighted by atomic mass is 16.4. The lowest BCUT2D eigenvalue weighted by Crippen LogP contribution is -2.32. The fraction of sp³-hybridized carbons (Fsp3) is 0.600. The van der Waals surface area contributed by atoms with Crippen LogP contribution in [0.25, 0.3) is 0 Å². The number of hydrogen-bond acceptors (Lipinski definition) is 3. The molecular formula is C10H18N2O3. The van der Waals surface area contributed by atoms with Crippen molar-refractivity contribution >= 4 is 11.9 Å². The summed E-state index contributed by atoms with van der Waals surface area (Å²) in [5.41, 5.74) is 5.95. The monoisotopic (exact) mass is 214 g/mol. The van der Waals surface area contributed by atoms with Crippen LogP contribution in [-0.4, -0.2) is 29.6 Å². The fourth-order valence-corrected chi connectivity index (χ4v) is 0.918. The number of carboxylic acid groups (broad SMARTS) is 1. The van der Waals surface area contributed by atoms with Crippen LogP contribution < -0.4 is 11.1 Å². The van der Waals surface area contributed by atoms with Crippen LogP contribution in [0.3, 0.4) is 0 Å². The van der Waals surface area contributed by atoms with E-state index in [0.717, 1.165) is 0 Å². The van der Waals surface area contributed by atoms with Crippen LogP contribution in [-0.2, 0) is 9.59 Å². The molecule has 0 aliphatic rings. The van der Waals surface area contributed by atoms with Gasteiger partial charge >= 0.3 is 5.97 Å². The van der Waals surface area contributed by atoms with E-state index in [1.165, 1.54) is 0 Å². The molecule has 15 heavy (non-hydrogen) atoms. The van der Waals surface area contributed by atoms with E-state index < -0.39 is 12.0 Å². The normalized spacial score (nSPS) is 13.4. The summed E-state index contributed by atoms with van der Waals surface area (Å²) < 4.78 is 0. The molecular weight excluding hydrogens is 196 g/mol. The predicted molar refractivity (Wildman–Crippen MR) is 57.3 cm³/mol. The summed E-state index contributed by atoms with van der Waals surface area (Å²) in [6.45, 7) is 3.96. The number of amides is 1. The maximum Gasteiger partial charge on any atom is 0.320 e. The van der Waals surface area contributed by atoms with Gasteiger partial charge in [-0.05, 0) is 26.7 Å². The number of nitrogens with two attached hydrogens (primary N) is 1. The Hall–Kier alpha value is -1.36. The van der Waals surface area contributed by atoms with E-state index in [4.69, 9.17) is 10.8 Å². The number of aliphatic carboxylic acids is 1. The van der Waals surface area contributed by atoms with Gasteiger partial charge in [0.2, 0.25) is 5.91 Å². The average Bonchev–Trinajstić information content (AvgIpc) is 2.22. The highest BCUT2D eigenvalue weighted by Gasteiger charge is 2.10. The quantitative estimate of drug-likeness (QED) is 0.437. The van der Waals surface area contributed by atoms with Crippen molar-refractivity contribution in [2.24, 2.45) is 5.73 Å². The van der Waals surface area contributed by atoms with E-state index in [1.807, 2.05) is 0 Å². The maximum absolute atomic E-state index is 11.2. The van der Waals surface area contributed by atoms with Gasteiger partial charge in [0, 0.05) is 12.1 Å². The van der Waals surface area contributed by atoms with Gasteiger partial charge in [-0.25, -0.2) is 0 Å². The second-order valence-corrected chi connectivity index (χ2v) is 3.31. The molecule has 0 aromatic carbocycles. The van der Waals surface area contributed by atoms with Gasteiger partial charge in [-0.3, -0.25) is 9.59 Å². The number of nitrogens with one attached hydrogen (secondary N) is 1. The molecule has 4 N–H and O–H groups in total. The lowest BCUT2D eigenvalue weighted by atomic mass is 10.1. The van der Waals surface area contributed by atoms with E-state index in [1.54, 1.807) is 19.9 Å². The van der Waals surface area contributed by atoms with Crippen LogP contribution in [0.15, 0.2) is 11.6 Å². The predicted octanol–water partition coefficient (Wildman–Crippen LogP) is 0.261. The summed E-state index contributed by atoms with van der Waals surface area (Å²) in [5, 5.41) is 11.2. The van der Waals surface area contributed by atoms with Crippen molar-refractivity contribution in [3.63, 3.8) is 0 Å². The number of allylic oxidation sites excluding steroid dienone is 1. The van der Waals surface area contributed by atoms with Crippen LogP contribution in [0.5, 0.6) is 0 Å². The zero-order chi connectivity index (χ0) is 11.8. The Morgan fingerprint density at radius 1 is 1.53 bits per heavy atom. The van der Waals surface area contributed by atoms with Crippen LogP contribution >= 0.6 is 0 Å². The molecule has 1 unspecified atom stereocenters. The molecule has 1 atom stereocenters. The second kappa shape index (κ2) is 7.00. The first-order valence-electron chi connectivity index (χ1n) is 4.88. The third kappa shape index (κ3) is 5.85. The average molecular weight is 214 g/mol. The molecule has 0 rings (SSSR count). The number of carboxylic acids is 1. The molecule has 0 bridgehead atoms. The molecule has 0 aromatic rings. The smallest absolute Gasteiger partial charge is 0.320 e. The van der Waals surface area contributed by atoms with Crippen molar-refractivity contribution in [1.29, 1.82) is 0 Å². The molecule has 0 aliphatic heterocycles. The van der Waals surface area contributed by atoms with Gasteiger partial charge in [-0.2, -0.15) is 0 Å². The number of carbonyl (C=O) groups is 2. The Labute approximate surface area is 89.3 Å². The Morgan fingerprint density at radius 2 is 2.13 bits per heavy atom. The van der Waals surface area contributed by atoms with Gasteiger partial charge < -0.3 is 16.2 Å². The van der Waals surface area contributed by atoms with E-state index in [0.29, 0.717) is 25.0 Å². The molecule has 0 aromatic heterocycles. The van der Waals surface area contributed by atoms with E-state index in [-0.39, 0.29) is 5.91 Å². The topological polar surface area (TPSA) is 92.4 Å². The molecule has 1 amide bonds. The highest BCUT2D eigenvalue weighted by Crippen LogP contribution is 1.95. The first-order chi connectivity index (χ1) is 6.99. The van der Waals surface area contributed by atoms with Crippen LogP contribution in [0, 0.1) is 0 Å². The zero-order valence-electron chi connectivity index (χ0n) is 9.12. The number of rotatable bonds is 6. The van der Waals surface area contributed by atoms with Gasteiger partial charge in [0.1, 0.15) is 6.04 Å². The minimum absolute atomic E-state index is 0.124. The Balaban J connectivity index is 3.64. The minimum atomic E-state index is -1.01. The minimum Gasteiger partial charge on any atom is -0.480 e. The molecule has 0 heterocycles. The van der Waals surface area contributed by atoms with Crippen molar-refractivity contribution in [3.8, 4) is 0 Å². The summed E-state index contributed by atoms with van der Waals surface area (Å²) in [6.07, 6.45) is 2.65. The van der Waals surface area contributed by atoms with Gasteiger partial charge in [-0.15, -0.1) is 0 Å². The molecule has 0 aliphatic carbocycles. The van der Waals surface area contributed by atoms with Crippen LogP contribution in [0.1, 0.15) is 26.7 Å². The number of carbonyl (C=O) groups excluding carboxylic acids is 1. The van der Waals surface area contributed by atoms with Crippen molar-refractivity contribution < 1.29 is 14.7 Å². The Morgan fingerprint density at radius 3 is 2.60 bits per heavy atom. The van der Waals surface area contributed by atoms with E-state index in [9.17, 15) is 9.59 Å². The zero-order valence-corrected chi connectivity index (χ0v) is 9.12. The third-order valence-corrected chi connectivity index (χ3v) is 2.09. The Bertz CT molecular complexity index is 261. The summed E-state index contributed by atoms with van der Waals surface area (Å²) >= 11 is 0. The summed E-state index contributed by atoms with van der Waals surface area (Å²) in [6, 6.07) is -0.843. The molecule has 0 saturated carbocycles. The summed E-state index contributed by atoms with van der Waals surface area (Å²) in [7, 11) is 0. The van der Waals surface area contributed by atoms with Crippen LogP contribution in [0.2, 0.25) is 0 Å². The van der Waals surface area contributed by atoms with Gasteiger partial charge in [0.25, 0.3) is 0 Å². The van der Waals surface area contributed by atoms with Crippen molar-refractivity contribution in [2.75, 3.05) is 6.54 Å². The lowest BCUT2D eigenvalue weighted by molar-refractivity contribution is -0.138. The van der Waals surface area contributed by atoms with Gasteiger partial charge in [0.15, 0.2) is 0 Å².